The van der Waals surface area contributed by atoms with E-state index in [4.69, 9.17) is 4.98 Å². The van der Waals surface area contributed by atoms with Crippen LogP contribution < -0.4 is 10.6 Å². The van der Waals surface area contributed by atoms with E-state index in [1.54, 1.807) is 30.7 Å². The number of hydrogen-bond acceptors (Lipinski definition) is 6. The van der Waals surface area contributed by atoms with Crippen LogP contribution in [0, 0.1) is 12.7 Å². The lowest BCUT2D eigenvalue weighted by Gasteiger charge is -2.32. The Kier molecular flexibility index (Phi) is 6.47. The van der Waals surface area contributed by atoms with Crippen molar-refractivity contribution in [3.63, 3.8) is 0 Å². The van der Waals surface area contributed by atoms with E-state index >= 15 is 0 Å². The van der Waals surface area contributed by atoms with Crippen LogP contribution in [-0.4, -0.2) is 45.4 Å². The van der Waals surface area contributed by atoms with E-state index in [1.807, 2.05) is 13.0 Å². The molecule has 160 valence electrons. The number of pyridine rings is 1. The van der Waals surface area contributed by atoms with Gasteiger partial charge >= 0.3 is 0 Å². The van der Waals surface area contributed by atoms with Crippen LogP contribution in [0.15, 0.2) is 55.0 Å². The number of carbonyl (C=O) groups excluding carboxylic acids is 1. The Labute approximate surface area is 180 Å². The number of amides is 1. The molecule has 7 nitrogen and oxygen atoms in total. The van der Waals surface area contributed by atoms with Crippen molar-refractivity contribution in [2.75, 3.05) is 30.3 Å². The van der Waals surface area contributed by atoms with Crippen LogP contribution >= 0.6 is 0 Å². The molecule has 0 saturated carbocycles. The van der Waals surface area contributed by atoms with Gasteiger partial charge in [0.2, 0.25) is 5.91 Å². The van der Waals surface area contributed by atoms with Gasteiger partial charge in [-0.25, -0.2) is 9.37 Å². The minimum atomic E-state index is -0.323. The number of carbonyl (C=O) groups is 1. The predicted molar refractivity (Wildman–Crippen MR) is 118 cm³/mol. The number of rotatable bonds is 6. The smallest absolute Gasteiger partial charge is 0.238 e. The second-order valence-corrected chi connectivity index (χ2v) is 7.77. The molecule has 1 fully saturated rings. The van der Waals surface area contributed by atoms with Crippen molar-refractivity contribution in [1.82, 2.24) is 19.9 Å². The largest absolute Gasteiger partial charge is 0.339 e. The summed E-state index contributed by atoms with van der Waals surface area (Å²) < 4.78 is 13.0. The highest BCUT2D eigenvalue weighted by Gasteiger charge is 2.24. The number of halogens is 1. The molecule has 1 aromatic carbocycles. The Morgan fingerprint density at radius 3 is 2.81 bits per heavy atom. The number of nitrogens with one attached hydrogen (secondary N) is 2. The molecular formula is C23H25FN6O. The maximum Gasteiger partial charge on any atom is 0.238 e. The molecule has 4 rings (SSSR count). The Hall–Kier alpha value is -3.39. The molecule has 2 aromatic heterocycles. The molecule has 1 unspecified atom stereocenters. The summed E-state index contributed by atoms with van der Waals surface area (Å²) in [6.07, 6.45) is 6.98. The maximum atomic E-state index is 13.0. The fourth-order valence-electron chi connectivity index (χ4n) is 3.86. The van der Waals surface area contributed by atoms with Crippen LogP contribution in [0.1, 0.15) is 30.1 Å². The summed E-state index contributed by atoms with van der Waals surface area (Å²) >= 11 is 0. The number of piperidine rings is 1. The van der Waals surface area contributed by atoms with Gasteiger partial charge in [0, 0.05) is 47.6 Å². The number of anilines is 3. The second-order valence-electron chi connectivity index (χ2n) is 7.77. The van der Waals surface area contributed by atoms with Crippen LogP contribution in [-0.2, 0) is 4.79 Å². The summed E-state index contributed by atoms with van der Waals surface area (Å²) in [5.74, 6) is 0.502. The zero-order valence-corrected chi connectivity index (χ0v) is 17.4. The second kappa shape index (κ2) is 9.61. The molecule has 0 bridgehead atoms. The van der Waals surface area contributed by atoms with Crippen molar-refractivity contribution in [1.29, 1.82) is 0 Å². The lowest BCUT2D eigenvalue weighted by Crippen LogP contribution is -2.40. The van der Waals surface area contributed by atoms with Crippen LogP contribution in [0.2, 0.25) is 0 Å². The summed E-state index contributed by atoms with van der Waals surface area (Å²) in [5, 5.41) is 6.11. The topological polar surface area (TPSA) is 83.0 Å². The molecule has 8 heteroatoms. The normalized spacial score (nSPS) is 16.6. The minimum Gasteiger partial charge on any atom is -0.339 e. The molecule has 1 atom stereocenters. The number of likely N-dealkylation sites (tertiary alicyclic amines) is 1. The number of aromatic nitrogens is 3. The van der Waals surface area contributed by atoms with Crippen LogP contribution in [0.5, 0.6) is 0 Å². The van der Waals surface area contributed by atoms with E-state index in [0.717, 1.165) is 43.0 Å². The summed E-state index contributed by atoms with van der Waals surface area (Å²) in [6.45, 7) is 3.90. The van der Waals surface area contributed by atoms with Crippen LogP contribution in [0.3, 0.4) is 0 Å². The van der Waals surface area contributed by atoms with Gasteiger partial charge < -0.3 is 10.6 Å². The van der Waals surface area contributed by atoms with Gasteiger partial charge in [-0.3, -0.25) is 19.7 Å². The zero-order chi connectivity index (χ0) is 21.6. The van der Waals surface area contributed by atoms with Gasteiger partial charge in [-0.1, -0.05) is 0 Å². The monoisotopic (exact) mass is 420 g/mol. The van der Waals surface area contributed by atoms with Crippen molar-refractivity contribution >= 4 is 23.1 Å². The molecule has 0 aliphatic carbocycles. The highest BCUT2D eigenvalue weighted by molar-refractivity contribution is 5.92. The molecule has 1 aliphatic rings. The Balaban J connectivity index is 1.39. The van der Waals surface area contributed by atoms with E-state index in [9.17, 15) is 9.18 Å². The summed E-state index contributed by atoms with van der Waals surface area (Å²) in [5.41, 5.74) is 3.46. The third-order valence-electron chi connectivity index (χ3n) is 5.23. The molecule has 1 saturated heterocycles. The van der Waals surface area contributed by atoms with E-state index in [2.05, 4.69) is 31.6 Å². The molecule has 1 amide bonds. The van der Waals surface area contributed by atoms with Gasteiger partial charge in [0.1, 0.15) is 11.6 Å². The Bertz CT molecular complexity index is 1030. The Morgan fingerprint density at radius 2 is 2.03 bits per heavy atom. The van der Waals surface area contributed by atoms with Crippen LogP contribution in [0.4, 0.5) is 21.6 Å². The fraction of sp³-hybridized carbons (Fsp3) is 0.304. The lowest BCUT2D eigenvalue weighted by molar-refractivity contribution is -0.117. The van der Waals surface area contributed by atoms with Crippen molar-refractivity contribution in [2.24, 2.45) is 0 Å². The van der Waals surface area contributed by atoms with Crippen LogP contribution in [0.25, 0.3) is 0 Å². The van der Waals surface area contributed by atoms with Crippen molar-refractivity contribution in [3.05, 3.63) is 72.2 Å². The number of hydrogen-bond donors (Lipinski definition) is 2. The van der Waals surface area contributed by atoms with Gasteiger partial charge in [-0.15, -0.1) is 0 Å². The van der Waals surface area contributed by atoms with Gasteiger partial charge in [0.15, 0.2) is 0 Å². The average molecular weight is 420 g/mol. The van der Waals surface area contributed by atoms with Gasteiger partial charge in [-0.2, -0.15) is 0 Å². The highest BCUT2D eigenvalue weighted by atomic mass is 19.1. The van der Waals surface area contributed by atoms with E-state index in [0.29, 0.717) is 18.1 Å². The van der Waals surface area contributed by atoms with E-state index in [1.165, 1.54) is 12.1 Å². The zero-order valence-electron chi connectivity index (χ0n) is 17.4. The molecular weight excluding hydrogens is 395 g/mol. The first-order valence-electron chi connectivity index (χ1n) is 10.3. The van der Waals surface area contributed by atoms with Gasteiger partial charge in [-0.05, 0) is 62.7 Å². The van der Waals surface area contributed by atoms with E-state index in [-0.39, 0.29) is 17.6 Å². The number of benzene rings is 1. The molecule has 3 aromatic rings. The van der Waals surface area contributed by atoms with Crippen molar-refractivity contribution in [2.45, 2.75) is 25.7 Å². The molecule has 3 heterocycles. The number of aryl methyl sites for hydroxylation is 1. The first-order chi connectivity index (χ1) is 15.0. The van der Waals surface area contributed by atoms with Crippen molar-refractivity contribution < 1.29 is 9.18 Å². The quantitative estimate of drug-likeness (QED) is 0.630. The van der Waals surface area contributed by atoms with Gasteiger partial charge in [0.05, 0.1) is 12.7 Å². The molecule has 0 radical (unpaired) electrons. The predicted octanol–water partition coefficient (Wildman–Crippen LogP) is 3.88. The van der Waals surface area contributed by atoms with E-state index < -0.39 is 0 Å². The third kappa shape index (κ3) is 5.82. The number of nitrogens with zero attached hydrogens (tertiary/aromatic N) is 4. The standard InChI is InChI=1S/C23H25FN6O/c1-16-11-20(28-22-13-25-8-9-26-22)12-21(27-16)17-3-2-10-30(14-17)15-23(31)29-19-6-4-18(24)5-7-19/h4-9,11-13,17H,2-3,10,14-15H2,1H3,(H,29,31)(H,26,27,28). The SMILES string of the molecule is Cc1cc(Nc2cnccn2)cc(C2CCCN(CC(=O)Nc3ccc(F)cc3)C2)n1. The van der Waals surface area contributed by atoms with Crippen molar-refractivity contribution in [3.8, 4) is 0 Å². The molecule has 31 heavy (non-hydrogen) atoms. The highest BCUT2D eigenvalue weighted by Crippen LogP contribution is 2.28. The lowest BCUT2D eigenvalue weighted by atomic mass is 9.93. The average Bonchev–Trinajstić information content (AvgIpc) is 2.76. The van der Waals surface area contributed by atoms with Gasteiger partial charge in [0.25, 0.3) is 0 Å². The Morgan fingerprint density at radius 1 is 1.19 bits per heavy atom. The maximum absolute atomic E-state index is 13.0. The summed E-state index contributed by atoms with van der Waals surface area (Å²) in [7, 11) is 0. The fourth-order valence-corrected chi connectivity index (χ4v) is 3.86. The first-order valence-corrected chi connectivity index (χ1v) is 10.3. The molecule has 0 spiro atoms. The summed E-state index contributed by atoms with van der Waals surface area (Å²) in [4.78, 5) is 27.7. The molecule has 2 N–H and O–H groups in total. The third-order valence-corrected chi connectivity index (χ3v) is 5.23. The molecule has 1 aliphatic heterocycles. The summed E-state index contributed by atoms with van der Waals surface area (Å²) in [6, 6.07) is 9.83. The minimum absolute atomic E-state index is 0.102. The first kappa shape index (κ1) is 20.9.